The fourth-order valence-electron chi connectivity index (χ4n) is 1.07. The fourth-order valence-corrected chi connectivity index (χ4v) is 1.07. The van der Waals surface area contributed by atoms with Crippen LogP contribution in [0, 0.1) is 17.7 Å². The van der Waals surface area contributed by atoms with Crippen molar-refractivity contribution in [3.8, 4) is 17.6 Å². The summed E-state index contributed by atoms with van der Waals surface area (Å²) in [6, 6.07) is -0.0424. The predicted molar refractivity (Wildman–Crippen MR) is 60.3 cm³/mol. The number of ether oxygens (including phenoxy) is 1. The lowest BCUT2D eigenvalue weighted by molar-refractivity contribution is 0.386. The Labute approximate surface area is 93.8 Å². The average Bonchev–Trinajstić information content (AvgIpc) is 2.22. The van der Waals surface area contributed by atoms with Crippen LogP contribution in [0.1, 0.15) is 18.9 Å². The SMILES string of the molecule is COc1c(N)ncc(C#CC[C@H](C)N)c1F. The largest absolute Gasteiger partial charge is 0.490 e. The van der Waals surface area contributed by atoms with Crippen molar-refractivity contribution in [3.63, 3.8) is 0 Å². The number of aromatic nitrogens is 1. The standard InChI is InChI=1S/C11H14FN3O/c1-7(13)4-3-5-8-6-15-11(14)10(16-2)9(8)12/h6-7H,4,13H2,1-2H3,(H2,14,15)/t7-/m0/s1. The highest BCUT2D eigenvalue weighted by Crippen LogP contribution is 2.24. The van der Waals surface area contributed by atoms with E-state index in [-0.39, 0.29) is 23.2 Å². The average molecular weight is 223 g/mol. The smallest absolute Gasteiger partial charge is 0.198 e. The van der Waals surface area contributed by atoms with Gasteiger partial charge in [0.2, 0.25) is 0 Å². The van der Waals surface area contributed by atoms with E-state index in [2.05, 4.69) is 16.8 Å². The zero-order chi connectivity index (χ0) is 12.1. The van der Waals surface area contributed by atoms with Gasteiger partial charge < -0.3 is 16.2 Å². The Kier molecular flexibility index (Phi) is 4.09. The number of nitrogen functional groups attached to an aromatic ring is 1. The molecule has 0 unspecified atom stereocenters. The van der Waals surface area contributed by atoms with Gasteiger partial charge in [-0.1, -0.05) is 11.8 Å². The van der Waals surface area contributed by atoms with Crippen molar-refractivity contribution in [3.05, 3.63) is 17.6 Å². The number of hydrogen-bond acceptors (Lipinski definition) is 4. The number of nitrogens with zero attached hydrogens (tertiary/aromatic N) is 1. The molecule has 0 spiro atoms. The molecule has 4 nitrogen and oxygen atoms in total. The van der Waals surface area contributed by atoms with Gasteiger partial charge in [-0.15, -0.1) is 0 Å². The van der Waals surface area contributed by atoms with Crippen molar-refractivity contribution in [2.24, 2.45) is 5.73 Å². The highest BCUT2D eigenvalue weighted by molar-refractivity contribution is 5.52. The molecule has 0 fully saturated rings. The second kappa shape index (κ2) is 5.33. The van der Waals surface area contributed by atoms with E-state index in [1.165, 1.54) is 13.3 Å². The first-order valence-corrected chi connectivity index (χ1v) is 4.78. The zero-order valence-electron chi connectivity index (χ0n) is 9.25. The van der Waals surface area contributed by atoms with Crippen molar-refractivity contribution >= 4 is 5.82 Å². The molecule has 4 N–H and O–H groups in total. The van der Waals surface area contributed by atoms with Crippen LogP contribution in [0.15, 0.2) is 6.20 Å². The Morgan fingerprint density at radius 3 is 2.88 bits per heavy atom. The molecule has 1 heterocycles. The molecule has 0 aromatic carbocycles. The van der Waals surface area contributed by atoms with Crippen LogP contribution in [0.2, 0.25) is 0 Å². The van der Waals surface area contributed by atoms with Crippen molar-refractivity contribution in [2.75, 3.05) is 12.8 Å². The molecule has 0 aliphatic rings. The van der Waals surface area contributed by atoms with Gasteiger partial charge in [0.05, 0.1) is 12.7 Å². The highest BCUT2D eigenvalue weighted by Gasteiger charge is 2.11. The second-order valence-corrected chi connectivity index (χ2v) is 3.39. The molecule has 1 atom stereocenters. The van der Waals surface area contributed by atoms with Gasteiger partial charge in [0.15, 0.2) is 17.4 Å². The molecule has 0 bridgehead atoms. The summed E-state index contributed by atoms with van der Waals surface area (Å²) >= 11 is 0. The van der Waals surface area contributed by atoms with E-state index in [4.69, 9.17) is 16.2 Å². The molecule has 5 heteroatoms. The molecule has 1 rings (SSSR count). The van der Waals surface area contributed by atoms with E-state index < -0.39 is 5.82 Å². The van der Waals surface area contributed by atoms with Crippen LogP contribution in [0.5, 0.6) is 5.75 Å². The summed E-state index contributed by atoms with van der Waals surface area (Å²) in [4.78, 5) is 3.79. The fraction of sp³-hybridized carbons (Fsp3) is 0.364. The molecular weight excluding hydrogens is 209 g/mol. The monoisotopic (exact) mass is 223 g/mol. The van der Waals surface area contributed by atoms with Crippen LogP contribution in [0.4, 0.5) is 10.2 Å². The quantitative estimate of drug-likeness (QED) is 0.730. The Morgan fingerprint density at radius 1 is 1.62 bits per heavy atom. The van der Waals surface area contributed by atoms with Gasteiger partial charge in [-0.05, 0) is 6.92 Å². The minimum absolute atomic E-state index is 0.0118. The summed E-state index contributed by atoms with van der Waals surface area (Å²) in [6.07, 6.45) is 1.77. The van der Waals surface area contributed by atoms with Crippen LogP contribution >= 0.6 is 0 Å². The Hall–Kier alpha value is -1.80. The van der Waals surface area contributed by atoms with Crippen LogP contribution in [-0.4, -0.2) is 18.1 Å². The van der Waals surface area contributed by atoms with Crippen molar-refractivity contribution in [1.29, 1.82) is 0 Å². The first kappa shape index (κ1) is 12.3. The normalized spacial score (nSPS) is 11.5. The van der Waals surface area contributed by atoms with Crippen LogP contribution < -0.4 is 16.2 Å². The van der Waals surface area contributed by atoms with Gasteiger partial charge in [-0.3, -0.25) is 0 Å². The third-order valence-corrected chi connectivity index (χ3v) is 1.85. The molecule has 0 saturated heterocycles. The summed E-state index contributed by atoms with van der Waals surface area (Å²) in [5.74, 6) is 4.75. The number of rotatable bonds is 2. The highest BCUT2D eigenvalue weighted by atomic mass is 19.1. The molecule has 16 heavy (non-hydrogen) atoms. The summed E-state index contributed by atoms with van der Waals surface area (Å²) in [7, 11) is 1.33. The number of methoxy groups -OCH3 is 1. The topological polar surface area (TPSA) is 74.2 Å². The molecule has 0 saturated carbocycles. The molecule has 1 aromatic rings. The van der Waals surface area contributed by atoms with E-state index in [0.29, 0.717) is 6.42 Å². The van der Waals surface area contributed by atoms with E-state index in [9.17, 15) is 4.39 Å². The van der Waals surface area contributed by atoms with E-state index in [0.717, 1.165) is 0 Å². The summed E-state index contributed by atoms with van der Waals surface area (Å²) in [6.45, 7) is 1.83. The molecular formula is C11H14FN3O. The zero-order valence-corrected chi connectivity index (χ0v) is 9.25. The van der Waals surface area contributed by atoms with Gasteiger partial charge >= 0.3 is 0 Å². The van der Waals surface area contributed by atoms with Gasteiger partial charge in [0.25, 0.3) is 0 Å². The summed E-state index contributed by atoms with van der Waals surface area (Å²) in [5.41, 5.74) is 11.1. The third-order valence-electron chi connectivity index (χ3n) is 1.85. The number of nitrogens with two attached hydrogens (primary N) is 2. The van der Waals surface area contributed by atoms with Crippen LogP contribution in [0.3, 0.4) is 0 Å². The molecule has 1 aromatic heterocycles. The first-order chi connectivity index (χ1) is 7.56. The number of hydrogen-bond donors (Lipinski definition) is 2. The number of pyridine rings is 1. The number of halogens is 1. The lowest BCUT2D eigenvalue weighted by atomic mass is 10.2. The molecule has 0 aliphatic heterocycles. The maximum Gasteiger partial charge on any atom is 0.198 e. The number of anilines is 1. The molecule has 0 aliphatic carbocycles. The van der Waals surface area contributed by atoms with Crippen molar-refractivity contribution < 1.29 is 9.13 Å². The molecule has 0 radical (unpaired) electrons. The summed E-state index contributed by atoms with van der Waals surface area (Å²) in [5, 5.41) is 0. The minimum Gasteiger partial charge on any atom is -0.490 e. The lowest BCUT2D eigenvalue weighted by Gasteiger charge is -2.05. The molecule has 86 valence electrons. The van der Waals surface area contributed by atoms with Crippen molar-refractivity contribution in [1.82, 2.24) is 4.98 Å². The third kappa shape index (κ3) is 2.84. The lowest BCUT2D eigenvalue weighted by Crippen LogP contribution is -2.12. The minimum atomic E-state index is -0.591. The summed E-state index contributed by atoms with van der Waals surface area (Å²) < 4.78 is 18.5. The van der Waals surface area contributed by atoms with Crippen LogP contribution in [0.25, 0.3) is 0 Å². The predicted octanol–water partition coefficient (Wildman–Crippen LogP) is 0.900. The van der Waals surface area contributed by atoms with Gasteiger partial charge in [-0.2, -0.15) is 0 Å². The van der Waals surface area contributed by atoms with Crippen molar-refractivity contribution in [2.45, 2.75) is 19.4 Å². The van der Waals surface area contributed by atoms with Crippen LogP contribution in [-0.2, 0) is 0 Å². The van der Waals surface area contributed by atoms with Gasteiger partial charge in [0, 0.05) is 18.7 Å². The molecule has 0 amide bonds. The van der Waals surface area contributed by atoms with E-state index in [1.54, 1.807) is 0 Å². The van der Waals surface area contributed by atoms with Gasteiger partial charge in [-0.25, -0.2) is 9.37 Å². The second-order valence-electron chi connectivity index (χ2n) is 3.39. The van der Waals surface area contributed by atoms with E-state index >= 15 is 0 Å². The Balaban J connectivity index is 3.01. The van der Waals surface area contributed by atoms with E-state index in [1.807, 2.05) is 6.92 Å². The maximum atomic E-state index is 13.7. The van der Waals surface area contributed by atoms with Gasteiger partial charge in [0.1, 0.15) is 0 Å². The Morgan fingerprint density at radius 2 is 2.31 bits per heavy atom. The first-order valence-electron chi connectivity index (χ1n) is 4.78. The Bertz CT molecular complexity index is 435. The maximum absolute atomic E-state index is 13.7.